The molecule has 0 aromatic carbocycles. The molecule has 2 rings (SSSR count). The van der Waals surface area contributed by atoms with Gasteiger partial charge in [0, 0.05) is 18.8 Å². The van der Waals surface area contributed by atoms with Crippen LogP contribution < -0.4 is 11.0 Å². The molecular weight excluding hydrogens is 238 g/mol. The zero-order valence-corrected chi connectivity index (χ0v) is 10.6. The van der Waals surface area contributed by atoms with E-state index in [1.165, 1.54) is 31.9 Å². The number of hydrogen-bond acceptors (Lipinski definition) is 3. The lowest BCUT2D eigenvalue weighted by molar-refractivity contribution is 0.490. The lowest BCUT2D eigenvalue weighted by Gasteiger charge is -2.11. The van der Waals surface area contributed by atoms with E-state index in [-0.39, 0.29) is 5.69 Å². The molecule has 1 heterocycles. The van der Waals surface area contributed by atoms with Crippen molar-refractivity contribution in [1.82, 2.24) is 14.9 Å². The maximum absolute atomic E-state index is 11.4. The van der Waals surface area contributed by atoms with Crippen molar-refractivity contribution in [2.75, 3.05) is 6.54 Å². The molecule has 4 nitrogen and oxygen atoms in total. The SMILES string of the molecule is O=c1ncc(Cl)cn1CCCNC1CCCC1. The molecule has 94 valence electrons. The predicted octanol–water partition coefficient (Wildman–Crippen LogP) is 1.82. The molecule has 0 radical (unpaired) electrons. The van der Waals surface area contributed by atoms with Crippen molar-refractivity contribution in [2.45, 2.75) is 44.7 Å². The van der Waals surface area contributed by atoms with E-state index >= 15 is 0 Å². The Bertz CT molecular complexity index is 412. The Balaban J connectivity index is 1.74. The van der Waals surface area contributed by atoms with Gasteiger partial charge in [-0.15, -0.1) is 0 Å². The predicted molar refractivity (Wildman–Crippen MR) is 68.4 cm³/mol. The summed E-state index contributed by atoms with van der Waals surface area (Å²) in [5, 5.41) is 4.02. The largest absolute Gasteiger partial charge is 0.347 e. The summed E-state index contributed by atoms with van der Waals surface area (Å²) in [6.07, 6.45) is 9.23. The molecular formula is C12H18ClN3O. The average molecular weight is 256 g/mol. The van der Waals surface area contributed by atoms with Crippen molar-refractivity contribution >= 4 is 11.6 Å². The van der Waals surface area contributed by atoms with Crippen LogP contribution in [-0.4, -0.2) is 22.1 Å². The van der Waals surface area contributed by atoms with E-state index in [1.54, 1.807) is 10.8 Å². The molecule has 0 aliphatic heterocycles. The molecule has 0 saturated heterocycles. The van der Waals surface area contributed by atoms with Crippen molar-refractivity contribution < 1.29 is 0 Å². The van der Waals surface area contributed by atoms with E-state index in [1.807, 2.05) is 0 Å². The quantitative estimate of drug-likeness (QED) is 0.817. The minimum atomic E-state index is -0.227. The summed E-state index contributed by atoms with van der Waals surface area (Å²) in [5.74, 6) is 0. The summed E-state index contributed by atoms with van der Waals surface area (Å²) in [4.78, 5) is 15.1. The second kappa shape index (κ2) is 6.17. The van der Waals surface area contributed by atoms with Crippen LogP contribution in [-0.2, 0) is 6.54 Å². The molecule has 1 aromatic rings. The summed E-state index contributed by atoms with van der Waals surface area (Å²) in [7, 11) is 0. The van der Waals surface area contributed by atoms with Gasteiger partial charge < -0.3 is 5.32 Å². The van der Waals surface area contributed by atoms with Crippen molar-refractivity contribution in [2.24, 2.45) is 0 Å². The van der Waals surface area contributed by atoms with Gasteiger partial charge in [-0.2, -0.15) is 0 Å². The summed E-state index contributed by atoms with van der Waals surface area (Å²) in [6.45, 7) is 1.62. The van der Waals surface area contributed by atoms with Crippen molar-refractivity contribution in [3.63, 3.8) is 0 Å². The van der Waals surface area contributed by atoms with Crippen LogP contribution in [0.3, 0.4) is 0 Å². The molecule has 0 bridgehead atoms. The van der Waals surface area contributed by atoms with Crippen LogP contribution in [0.1, 0.15) is 32.1 Å². The first kappa shape index (κ1) is 12.6. The normalized spacial score (nSPS) is 16.5. The molecule has 17 heavy (non-hydrogen) atoms. The Morgan fingerprint density at radius 3 is 3.00 bits per heavy atom. The lowest BCUT2D eigenvalue weighted by Crippen LogP contribution is -2.29. The topological polar surface area (TPSA) is 46.9 Å². The van der Waals surface area contributed by atoms with Crippen LogP contribution >= 0.6 is 11.6 Å². The first-order valence-corrected chi connectivity index (χ1v) is 6.59. The molecule has 1 aromatic heterocycles. The Labute approximate surface area is 106 Å². The maximum atomic E-state index is 11.4. The number of aryl methyl sites for hydroxylation is 1. The molecule has 0 unspecified atom stereocenters. The highest BCUT2D eigenvalue weighted by Gasteiger charge is 2.13. The highest BCUT2D eigenvalue weighted by Crippen LogP contribution is 2.17. The molecule has 0 spiro atoms. The van der Waals surface area contributed by atoms with Crippen LogP contribution in [0.4, 0.5) is 0 Å². The zero-order valence-electron chi connectivity index (χ0n) is 9.86. The molecule has 1 aliphatic rings. The second-order valence-corrected chi connectivity index (χ2v) is 4.97. The van der Waals surface area contributed by atoms with E-state index < -0.39 is 0 Å². The number of nitrogens with zero attached hydrogens (tertiary/aromatic N) is 2. The smallest absolute Gasteiger partial charge is 0.314 e. The van der Waals surface area contributed by atoms with E-state index in [0.717, 1.165) is 13.0 Å². The van der Waals surface area contributed by atoms with Crippen LogP contribution in [0.15, 0.2) is 17.2 Å². The fraction of sp³-hybridized carbons (Fsp3) is 0.667. The fourth-order valence-corrected chi connectivity index (χ4v) is 2.44. The van der Waals surface area contributed by atoms with Gasteiger partial charge in [-0.1, -0.05) is 24.4 Å². The Kier molecular flexibility index (Phi) is 4.57. The average Bonchev–Trinajstić information content (AvgIpc) is 2.82. The van der Waals surface area contributed by atoms with E-state index in [4.69, 9.17) is 11.6 Å². The first-order valence-electron chi connectivity index (χ1n) is 6.21. The number of nitrogens with one attached hydrogen (secondary N) is 1. The van der Waals surface area contributed by atoms with Gasteiger partial charge in [0.2, 0.25) is 0 Å². The van der Waals surface area contributed by atoms with Crippen molar-refractivity contribution in [3.05, 3.63) is 27.9 Å². The third-order valence-corrected chi connectivity index (χ3v) is 3.38. The monoisotopic (exact) mass is 255 g/mol. The lowest BCUT2D eigenvalue weighted by atomic mass is 10.2. The van der Waals surface area contributed by atoms with Gasteiger partial charge in [0.05, 0.1) is 11.2 Å². The first-order chi connectivity index (χ1) is 8.25. The number of halogens is 1. The van der Waals surface area contributed by atoms with Gasteiger partial charge in [0.25, 0.3) is 0 Å². The van der Waals surface area contributed by atoms with Crippen molar-refractivity contribution in [1.29, 1.82) is 0 Å². The zero-order chi connectivity index (χ0) is 12.1. The molecule has 0 atom stereocenters. The third kappa shape index (κ3) is 3.82. The fourth-order valence-electron chi connectivity index (χ4n) is 2.27. The van der Waals surface area contributed by atoms with Crippen LogP contribution in [0.5, 0.6) is 0 Å². The van der Waals surface area contributed by atoms with Gasteiger partial charge in [0.1, 0.15) is 0 Å². The van der Waals surface area contributed by atoms with Crippen LogP contribution in [0.2, 0.25) is 5.02 Å². The van der Waals surface area contributed by atoms with Crippen LogP contribution in [0.25, 0.3) is 0 Å². The molecule has 5 heteroatoms. The van der Waals surface area contributed by atoms with Gasteiger partial charge in [0.15, 0.2) is 0 Å². The second-order valence-electron chi connectivity index (χ2n) is 4.54. The molecule has 0 amide bonds. The Morgan fingerprint density at radius 1 is 1.47 bits per heavy atom. The van der Waals surface area contributed by atoms with Crippen molar-refractivity contribution in [3.8, 4) is 0 Å². The van der Waals surface area contributed by atoms with E-state index in [9.17, 15) is 4.79 Å². The summed E-state index contributed by atoms with van der Waals surface area (Å²) in [6, 6.07) is 0.684. The third-order valence-electron chi connectivity index (χ3n) is 3.19. The molecule has 1 fully saturated rings. The molecule has 1 N–H and O–H groups in total. The van der Waals surface area contributed by atoms with E-state index in [0.29, 0.717) is 17.6 Å². The molecule has 1 aliphatic carbocycles. The van der Waals surface area contributed by atoms with Gasteiger partial charge >= 0.3 is 5.69 Å². The Hall–Kier alpha value is -0.870. The summed E-state index contributed by atoms with van der Waals surface area (Å²) >= 11 is 5.80. The maximum Gasteiger partial charge on any atom is 0.347 e. The van der Waals surface area contributed by atoms with Gasteiger partial charge in [-0.25, -0.2) is 9.78 Å². The highest BCUT2D eigenvalue weighted by atomic mass is 35.5. The standard InChI is InChI=1S/C12H18ClN3O/c13-10-8-15-12(17)16(9-10)7-3-6-14-11-4-1-2-5-11/h8-9,11,14H,1-7H2. The summed E-state index contributed by atoms with van der Waals surface area (Å²) < 4.78 is 1.57. The highest BCUT2D eigenvalue weighted by molar-refractivity contribution is 6.30. The number of hydrogen-bond donors (Lipinski definition) is 1. The van der Waals surface area contributed by atoms with Gasteiger partial charge in [-0.05, 0) is 25.8 Å². The minimum Gasteiger partial charge on any atom is -0.314 e. The number of aromatic nitrogens is 2. The minimum absolute atomic E-state index is 0.227. The number of rotatable bonds is 5. The van der Waals surface area contributed by atoms with Gasteiger partial charge in [-0.3, -0.25) is 4.57 Å². The van der Waals surface area contributed by atoms with E-state index in [2.05, 4.69) is 10.3 Å². The van der Waals surface area contributed by atoms with Crippen LogP contribution in [0, 0.1) is 0 Å². The molecule has 1 saturated carbocycles. The Morgan fingerprint density at radius 2 is 2.24 bits per heavy atom. The summed E-state index contributed by atoms with van der Waals surface area (Å²) in [5.41, 5.74) is -0.227.